The molecule has 1 unspecified atom stereocenters. The molecule has 3 aliphatic rings. The molecule has 5 rings (SSSR count). The summed E-state index contributed by atoms with van der Waals surface area (Å²) in [6.45, 7) is 6.02. The number of anilines is 1. The number of likely N-dealkylation sites (tertiary alicyclic amines) is 1. The van der Waals surface area contributed by atoms with Gasteiger partial charge in [-0.1, -0.05) is 18.0 Å². The molecule has 0 aromatic carbocycles. The van der Waals surface area contributed by atoms with E-state index in [1.807, 2.05) is 14.1 Å². The second-order valence-electron chi connectivity index (χ2n) is 11.0. The van der Waals surface area contributed by atoms with Crippen molar-refractivity contribution in [2.45, 2.75) is 83.1 Å². The summed E-state index contributed by atoms with van der Waals surface area (Å²) in [4.78, 5) is 17.6. The molecule has 2 aromatic heterocycles. The molecule has 1 aliphatic carbocycles. The fourth-order valence-electron chi connectivity index (χ4n) is 6.84. The summed E-state index contributed by atoms with van der Waals surface area (Å²) in [7, 11) is 5.13. The Kier molecular flexibility index (Phi) is 7.18. The van der Waals surface area contributed by atoms with Crippen LogP contribution in [0.2, 0.25) is 5.15 Å². The Bertz CT molecular complexity index is 1110. The molecule has 0 amide bonds. The largest absolute Gasteiger partial charge is 0.480 e. The number of aromatic nitrogens is 3. The minimum atomic E-state index is -0.702. The maximum Gasteiger partial charge on any atom is 0.319 e. The van der Waals surface area contributed by atoms with Crippen LogP contribution >= 0.6 is 11.6 Å². The Balaban J connectivity index is 1.43. The molecule has 0 N–H and O–H groups in total. The number of nitrogens with zero attached hydrogens (tertiary/aromatic N) is 5. The van der Waals surface area contributed by atoms with Crippen molar-refractivity contribution in [1.29, 1.82) is 0 Å². The minimum Gasteiger partial charge on any atom is -0.480 e. The van der Waals surface area contributed by atoms with Gasteiger partial charge in [0.25, 0.3) is 0 Å². The molecule has 10 heteroatoms. The van der Waals surface area contributed by atoms with Gasteiger partial charge in [-0.05, 0) is 58.9 Å². The topological polar surface area (TPSA) is 72.8 Å². The van der Waals surface area contributed by atoms with Crippen LogP contribution in [-0.2, 0) is 4.74 Å². The van der Waals surface area contributed by atoms with Gasteiger partial charge in [0, 0.05) is 31.6 Å². The number of ether oxygens (including phenoxy) is 3. The van der Waals surface area contributed by atoms with E-state index in [9.17, 15) is 0 Å². The molecule has 0 bridgehead atoms. The Morgan fingerprint density at radius 2 is 1.86 bits per heavy atom. The lowest BCUT2D eigenvalue weighted by Gasteiger charge is -2.51. The maximum absolute atomic E-state index is 15.0. The highest BCUT2D eigenvalue weighted by molar-refractivity contribution is 6.30. The fourth-order valence-corrected chi connectivity index (χ4v) is 7.00. The van der Waals surface area contributed by atoms with Crippen molar-refractivity contribution in [2.75, 3.05) is 39.3 Å². The van der Waals surface area contributed by atoms with Gasteiger partial charge in [0.1, 0.15) is 16.7 Å². The van der Waals surface area contributed by atoms with Crippen LogP contribution in [0.15, 0.2) is 0 Å². The summed E-state index contributed by atoms with van der Waals surface area (Å²) >= 11 is 6.04. The van der Waals surface area contributed by atoms with Crippen LogP contribution in [0.25, 0.3) is 10.9 Å². The van der Waals surface area contributed by atoms with Crippen LogP contribution in [0.5, 0.6) is 11.9 Å². The summed E-state index contributed by atoms with van der Waals surface area (Å²) in [5, 5.41) is 0.0891. The average Bonchev–Trinajstić information content (AvgIpc) is 3.28. The summed E-state index contributed by atoms with van der Waals surface area (Å²) < 4.78 is 32.7. The highest BCUT2D eigenvalue weighted by Crippen LogP contribution is 2.49. The van der Waals surface area contributed by atoms with Crippen molar-refractivity contribution in [2.24, 2.45) is 5.41 Å². The molecular formula is C26H37ClFN5O3. The number of hydrogen-bond acceptors (Lipinski definition) is 8. The monoisotopic (exact) mass is 521 g/mol. The Morgan fingerprint density at radius 1 is 1.14 bits per heavy atom. The lowest BCUT2D eigenvalue weighted by molar-refractivity contribution is -0.0967. The first-order chi connectivity index (χ1) is 17.2. The zero-order chi connectivity index (χ0) is 25.6. The van der Waals surface area contributed by atoms with Gasteiger partial charge in [0.15, 0.2) is 11.0 Å². The molecule has 198 valence electrons. The van der Waals surface area contributed by atoms with Gasteiger partial charge in [-0.2, -0.15) is 15.0 Å². The van der Waals surface area contributed by atoms with E-state index in [1.54, 1.807) is 4.90 Å². The zero-order valence-electron chi connectivity index (χ0n) is 21.9. The second kappa shape index (κ2) is 10.1. The maximum atomic E-state index is 15.0. The predicted molar refractivity (Wildman–Crippen MR) is 138 cm³/mol. The van der Waals surface area contributed by atoms with Gasteiger partial charge in [-0.15, -0.1) is 0 Å². The molecule has 4 heterocycles. The van der Waals surface area contributed by atoms with Gasteiger partial charge < -0.3 is 19.1 Å². The molecule has 2 aliphatic heterocycles. The Labute approximate surface area is 217 Å². The Hall–Kier alpha value is -1.97. The first kappa shape index (κ1) is 25.7. The molecule has 3 fully saturated rings. The van der Waals surface area contributed by atoms with E-state index in [0.717, 1.165) is 38.6 Å². The highest BCUT2D eigenvalue weighted by Gasteiger charge is 2.50. The third-order valence-corrected chi connectivity index (χ3v) is 8.52. The fraction of sp³-hybridized carbons (Fsp3) is 0.731. The lowest BCUT2D eigenvalue weighted by Crippen LogP contribution is -2.57. The van der Waals surface area contributed by atoms with E-state index >= 15 is 4.39 Å². The van der Waals surface area contributed by atoms with Gasteiger partial charge in [0.2, 0.25) is 5.88 Å². The van der Waals surface area contributed by atoms with Crippen molar-refractivity contribution < 1.29 is 18.6 Å². The molecular weight excluding hydrogens is 485 g/mol. The molecule has 2 saturated heterocycles. The number of fused-ring (bicyclic) bond motifs is 2. The van der Waals surface area contributed by atoms with E-state index in [2.05, 4.69) is 33.7 Å². The quantitative estimate of drug-likeness (QED) is 0.499. The van der Waals surface area contributed by atoms with Gasteiger partial charge in [-0.3, -0.25) is 4.90 Å². The van der Waals surface area contributed by atoms with Crippen molar-refractivity contribution in [3.05, 3.63) is 11.0 Å². The van der Waals surface area contributed by atoms with E-state index < -0.39 is 5.82 Å². The zero-order valence-corrected chi connectivity index (χ0v) is 22.6. The van der Waals surface area contributed by atoms with Crippen LogP contribution in [0.1, 0.15) is 58.8 Å². The van der Waals surface area contributed by atoms with Crippen LogP contribution in [-0.4, -0.2) is 78.5 Å². The van der Waals surface area contributed by atoms with Crippen LogP contribution < -0.4 is 14.4 Å². The summed E-state index contributed by atoms with van der Waals surface area (Å²) in [6.07, 6.45) is 8.48. The van der Waals surface area contributed by atoms with Gasteiger partial charge in [-0.25, -0.2) is 4.39 Å². The third kappa shape index (κ3) is 4.58. The van der Waals surface area contributed by atoms with Crippen molar-refractivity contribution in [3.63, 3.8) is 0 Å². The number of piperidine rings is 1. The summed E-state index contributed by atoms with van der Waals surface area (Å²) in [6, 6.07) is 1.16. The highest BCUT2D eigenvalue weighted by atomic mass is 35.5. The third-order valence-electron chi connectivity index (χ3n) is 8.27. The first-order valence-electron chi connectivity index (χ1n) is 13.0. The summed E-state index contributed by atoms with van der Waals surface area (Å²) in [5.41, 5.74) is 0.0997. The van der Waals surface area contributed by atoms with Crippen LogP contribution in [0.4, 0.5) is 10.2 Å². The molecule has 0 radical (unpaired) electrons. The van der Waals surface area contributed by atoms with Crippen molar-refractivity contribution in [1.82, 2.24) is 19.9 Å². The standard InChI is InChI=1S/C26H37ClFN5O3/c1-15-12-17(13-16(2)36-15)33-11-7-10-26(9-6-8-18(26)33)14-35-25-29-21-19(23(31-25)32(3)4)24(34-5)30-22(27)20(21)28/h15-18H,6-14H2,1-5H3/t15-,16+,17?,18-,26-/m1/s1. The molecule has 36 heavy (non-hydrogen) atoms. The average molecular weight is 522 g/mol. The van der Waals surface area contributed by atoms with Crippen LogP contribution in [0, 0.1) is 11.2 Å². The van der Waals surface area contributed by atoms with Gasteiger partial charge >= 0.3 is 6.01 Å². The summed E-state index contributed by atoms with van der Waals surface area (Å²) in [5.74, 6) is -0.0406. The molecule has 0 spiro atoms. The Morgan fingerprint density at radius 3 is 2.56 bits per heavy atom. The minimum absolute atomic E-state index is 0.0474. The number of halogens is 2. The van der Waals surface area contributed by atoms with E-state index in [-0.39, 0.29) is 40.2 Å². The number of pyridine rings is 1. The molecule has 2 aromatic rings. The normalized spacial score (nSPS) is 30.9. The first-order valence-corrected chi connectivity index (χ1v) is 13.4. The SMILES string of the molecule is COc1nc(Cl)c(F)c2nc(OC[C@]34CCC[C@H]3N(C3C[C@@H](C)O[C@@H](C)C3)CCC4)nc(N(C)C)c12. The van der Waals surface area contributed by atoms with E-state index in [4.69, 9.17) is 25.8 Å². The van der Waals surface area contributed by atoms with Gasteiger partial charge in [0.05, 0.1) is 25.9 Å². The number of methoxy groups -OCH3 is 1. The molecule has 5 atom stereocenters. The van der Waals surface area contributed by atoms with E-state index in [1.165, 1.54) is 20.0 Å². The number of rotatable bonds is 6. The molecule has 8 nitrogen and oxygen atoms in total. The smallest absolute Gasteiger partial charge is 0.319 e. The number of hydrogen-bond donors (Lipinski definition) is 0. The predicted octanol–water partition coefficient (Wildman–Crippen LogP) is 4.86. The van der Waals surface area contributed by atoms with Crippen LogP contribution in [0.3, 0.4) is 0 Å². The van der Waals surface area contributed by atoms with Crippen molar-refractivity contribution >= 4 is 28.3 Å². The lowest BCUT2D eigenvalue weighted by atomic mass is 9.74. The molecule has 1 saturated carbocycles. The van der Waals surface area contributed by atoms with E-state index in [0.29, 0.717) is 29.9 Å². The second-order valence-corrected chi connectivity index (χ2v) is 11.3. The van der Waals surface area contributed by atoms with Crippen molar-refractivity contribution in [3.8, 4) is 11.9 Å².